The number of likely N-dealkylation sites (N-methyl/N-ethyl adjacent to an activating group) is 1. The van der Waals surface area contributed by atoms with Crippen molar-refractivity contribution in [3.63, 3.8) is 0 Å². The Labute approximate surface area is 121 Å². The lowest BCUT2D eigenvalue weighted by atomic mass is 9.74. The van der Waals surface area contributed by atoms with Gasteiger partial charge in [0.15, 0.2) is 0 Å². The van der Waals surface area contributed by atoms with Gasteiger partial charge in [-0.2, -0.15) is 0 Å². The molecule has 0 aromatic heterocycles. The van der Waals surface area contributed by atoms with E-state index in [0.717, 1.165) is 19.0 Å². The molecule has 0 aliphatic heterocycles. The van der Waals surface area contributed by atoms with Gasteiger partial charge in [0.2, 0.25) is 0 Å². The highest BCUT2D eigenvalue weighted by Gasteiger charge is 2.38. The van der Waals surface area contributed by atoms with Crippen LogP contribution >= 0.6 is 0 Å². The Balaban J connectivity index is 2.65. The van der Waals surface area contributed by atoms with E-state index in [-0.39, 0.29) is 0 Å². The average molecular weight is 268 g/mol. The summed E-state index contributed by atoms with van der Waals surface area (Å²) in [7, 11) is 0. The van der Waals surface area contributed by atoms with Crippen LogP contribution in [0.1, 0.15) is 73.1 Å². The van der Waals surface area contributed by atoms with E-state index in [9.17, 15) is 0 Å². The van der Waals surface area contributed by atoms with Gasteiger partial charge in [0.1, 0.15) is 0 Å². The molecule has 0 aromatic rings. The van der Waals surface area contributed by atoms with Crippen molar-refractivity contribution < 1.29 is 0 Å². The van der Waals surface area contributed by atoms with Crippen molar-refractivity contribution >= 4 is 0 Å². The molecule has 0 unspecified atom stereocenters. The number of rotatable bonds is 6. The molecular formula is C17H36N2. The molecule has 0 aromatic carbocycles. The zero-order valence-corrected chi connectivity index (χ0v) is 14.0. The largest absolute Gasteiger partial charge is 0.329 e. The van der Waals surface area contributed by atoms with Gasteiger partial charge in [-0.3, -0.25) is 4.90 Å². The van der Waals surface area contributed by atoms with E-state index in [1.165, 1.54) is 45.1 Å². The molecule has 0 saturated heterocycles. The topological polar surface area (TPSA) is 29.3 Å². The zero-order valence-electron chi connectivity index (χ0n) is 14.0. The van der Waals surface area contributed by atoms with Crippen molar-refractivity contribution in [1.82, 2.24) is 4.90 Å². The molecule has 1 saturated carbocycles. The monoisotopic (exact) mass is 268 g/mol. The van der Waals surface area contributed by atoms with Gasteiger partial charge in [0.25, 0.3) is 0 Å². The maximum atomic E-state index is 6.20. The number of hydrogen-bond acceptors (Lipinski definition) is 2. The third-order valence-electron chi connectivity index (χ3n) is 5.18. The fourth-order valence-corrected chi connectivity index (χ4v) is 3.47. The quantitative estimate of drug-likeness (QED) is 0.787. The van der Waals surface area contributed by atoms with E-state index in [2.05, 4.69) is 39.5 Å². The first-order valence-corrected chi connectivity index (χ1v) is 8.32. The molecule has 0 heterocycles. The minimum absolute atomic E-state index is 0.297. The molecule has 2 N–H and O–H groups in total. The van der Waals surface area contributed by atoms with E-state index in [1.807, 2.05) is 0 Å². The Bertz CT molecular complexity index is 246. The van der Waals surface area contributed by atoms with Crippen LogP contribution in [0.4, 0.5) is 0 Å². The summed E-state index contributed by atoms with van der Waals surface area (Å²) in [5.74, 6) is 0.945. The molecule has 1 aliphatic carbocycles. The molecule has 0 spiro atoms. The summed E-state index contributed by atoms with van der Waals surface area (Å²) in [6.07, 6.45) is 7.97. The molecule has 1 aliphatic rings. The molecule has 0 radical (unpaired) electrons. The second-order valence-corrected chi connectivity index (χ2v) is 7.67. The van der Waals surface area contributed by atoms with Crippen LogP contribution in [0.15, 0.2) is 0 Å². The predicted octanol–water partition coefficient (Wildman–Crippen LogP) is 4.04. The zero-order chi connectivity index (χ0) is 14.5. The molecule has 2 nitrogen and oxygen atoms in total. The van der Waals surface area contributed by atoms with Crippen molar-refractivity contribution in [1.29, 1.82) is 0 Å². The molecule has 19 heavy (non-hydrogen) atoms. The van der Waals surface area contributed by atoms with Gasteiger partial charge in [-0.25, -0.2) is 0 Å². The Morgan fingerprint density at radius 1 is 1.16 bits per heavy atom. The van der Waals surface area contributed by atoms with E-state index < -0.39 is 0 Å². The summed E-state index contributed by atoms with van der Waals surface area (Å²) in [6, 6.07) is 0. The van der Waals surface area contributed by atoms with E-state index in [4.69, 9.17) is 5.73 Å². The summed E-state index contributed by atoms with van der Waals surface area (Å²) in [5, 5.41) is 0. The lowest BCUT2D eigenvalue weighted by Gasteiger charge is -2.48. The van der Waals surface area contributed by atoms with Crippen LogP contribution in [0.5, 0.6) is 0 Å². The molecule has 0 bridgehead atoms. The van der Waals surface area contributed by atoms with Gasteiger partial charge < -0.3 is 5.73 Å². The second-order valence-electron chi connectivity index (χ2n) is 7.67. The molecule has 0 amide bonds. The average Bonchev–Trinajstić information content (AvgIpc) is 2.38. The van der Waals surface area contributed by atoms with Crippen LogP contribution in [0.3, 0.4) is 0 Å². The highest BCUT2D eigenvalue weighted by molar-refractivity contribution is 4.95. The van der Waals surface area contributed by atoms with Crippen LogP contribution in [0.2, 0.25) is 0 Å². The highest BCUT2D eigenvalue weighted by Crippen LogP contribution is 2.37. The van der Waals surface area contributed by atoms with Crippen molar-refractivity contribution in [3.05, 3.63) is 0 Å². The van der Waals surface area contributed by atoms with Crippen LogP contribution in [0, 0.1) is 11.3 Å². The maximum Gasteiger partial charge on any atom is 0.0331 e. The SMILES string of the molecule is CCC1CCC(CN)(N(CC)CCC(C)(C)C)CC1. The summed E-state index contributed by atoms with van der Waals surface area (Å²) in [6.45, 7) is 14.8. The van der Waals surface area contributed by atoms with Crippen molar-refractivity contribution in [2.75, 3.05) is 19.6 Å². The van der Waals surface area contributed by atoms with Gasteiger partial charge in [-0.1, -0.05) is 41.0 Å². The normalized spacial score (nSPS) is 28.9. The number of nitrogens with zero attached hydrogens (tertiary/aromatic N) is 1. The van der Waals surface area contributed by atoms with E-state index in [1.54, 1.807) is 0 Å². The molecular weight excluding hydrogens is 232 g/mol. The summed E-state index contributed by atoms with van der Waals surface area (Å²) in [5.41, 5.74) is 6.92. The van der Waals surface area contributed by atoms with Crippen molar-refractivity contribution in [2.45, 2.75) is 78.7 Å². The Morgan fingerprint density at radius 2 is 1.74 bits per heavy atom. The first-order chi connectivity index (χ1) is 8.87. The smallest absolute Gasteiger partial charge is 0.0331 e. The molecule has 2 heteroatoms. The maximum absolute atomic E-state index is 6.20. The lowest BCUT2D eigenvalue weighted by molar-refractivity contribution is 0.0378. The number of nitrogens with two attached hydrogens (primary N) is 1. The van der Waals surface area contributed by atoms with Gasteiger partial charge in [-0.15, -0.1) is 0 Å². The van der Waals surface area contributed by atoms with Crippen LogP contribution in [-0.4, -0.2) is 30.1 Å². The highest BCUT2D eigenvalue weighted by atomic mass is 15.2. The second kappa shape index (κ2) is 7.08. The third kappa shape index (κ3) is 4.75. The molecule has 1 rings (SSSR count). The molecule has 0 atom stereocenters. The fourth-order valence-electron chi connectivity index (χ4n) is 3.47. The van der Waals surface area contributed by atoms with E-state index >= 15 is 0 Å². The van der Waals surface area contributed by atoms with E-state index in [0.29, 0.717) is 11.0 Å². The first kappa shape index (κ1) is 17.0. The van der Waals surface area contributed by atoms with Crippen molar-refractivity contribution in [3.8, 4) is 0 Å². The summed E-state index contributed by atoms with van der Waals surface area (Å²) in [4.78, 5) is 2.68. The predicted molar refractivity (Wildman–Crippen MR) is 85.4 cm³/mol. The minimum atomic E-state index is 0.297. The molecule has 1 fully saturated rings. The molecule has 114 valence electrons. The summed E-state index contributed by atoms with van der Waals surface area (Å²) < 4.78 is 0. The minimum Gasteiger partial charge on any atom is -0.329 e. The Morgan fingerprint density at radius 3 is 2.11 bits per heavy atom. The Hall–Kier alpha value is -0.0800. The van der Waals surface area contributed by atoms with Gasteiger partial charge in [0.05, 0.1) is 0 Å². The lowest BCUT2D eigenvalue weighted by Crippen LogP contribution is -2.56. The Kier molecular flexibility index (Phi) is 6.32. The third-order valence-corrected chi connectivity index (χ3v) is 5.18. The van der Waals surface area contributed by atoms with Crippen LogP contribution < -0.4 is 5.73 Å². The summed E-state index contributed by atoms with van der Waals surface area (Å²) >= 11 is 0. The van der Waals surface area contributed by atoms with Crippen molar-refractivity contribution in [2.24, 2.45) is 17.1 Å². The van der Waals surface area contributed by atoms with Gasteiger partial charge in [0, 0.05) is 12.1 Å². The van der Waals surface area contributed by atoms with Gasteiger partial charge in [-0.05, 0) is 56.5 Å². The first-order valence-electron chi connectivity index (χ1n) is 8.32. The van der Waals surface area contributed by atoms with Gasteiger partial charge >= 0.3 is 0 Å². The standard InChI is InChI=1S/C17H36N2/c1-6-15-8-10-17(14-18,11-9-15)19(7-2)13-12-16(3,4)5/h15H,6-14,18H2,1-5H3. The number of hydrogen-bond donors (Lipinski definition) is 1. The fraction of sp³-hybridized carbons (Fsp3) is 1.00. The van der Waals surface area contributed by atoms with Crippen LogP contribution in [-0.2, 0) is 0 Å². The van der Waals surface area contributed by atoms with Crippen LogP contribution in [0.25, 0.3) is 0 Å².